The fourth-order valence-electron chi connectivity index (χ4n) is 3.46. The zero-order valence-electron chi connectivity index (χ0n) is 16.4. The Morgan fingerprint density at radius 1 is 1.17 bits per heavy atom. The lowest BCUT2D eigenvalue weighted by atomic mass is 10.1. The highest BCUT2D eigenvalue weighted by Gasteiger charge is 2.26. The number of pyridine rings is 1. The van der Waals surface area contributed by atoms with Crippen LogP contribution in [0.15, 0.2) is 40.4 Å². The lowest BCUT2D eigenvalue weighted by Crippen LogP contribution is -2.30. The molecule has 3 aromatic rings. The second-order valence-electron chi connectivity index (χ2n) is 6.90. The Kier molecular flexibility index (Phi) is 6.31. The summed E-state index contributed by atoms with van der Waals surface area (Å²) in [6, 6.07) is 8.21. The largest absolute Gasteiger partial charge is 0.395 e. The van der Waals surface area contributed by atoms with Gasteiger partial charge in [0.2, 0.25) is 0 Å². The number of hydrogen-bond donors (Lipinski definition) is 5. The molecular formula is C20H26N6O2S. The Morgan fingerprint density at radius 2 is 2.07 bits per heavy atom. The van der Waals surface area contributed by atoms with Crippen molar-refractivity contribution in [2.45, 2.75) is 29.6 Å². The third-order valence-corrected chi connectivity index (χ3v) is 5.91. The van der Waals surface area contributed by atoms with E-state index in [0.717, 1.165) is 50.9 Å². The monoisotopic (exact) mass is 414 g/mol. The molecule has 1 aromatic carbocycles. The Balaban J connectivity index is 1.67. The number of anilines is 1. The molecule has 0 fully saturated rings. The van der Waals surface area contributed by atoms with Crippen LogP contribution >= 0.6 is 11.8 Å². The van der Waals surface area contributed by atoms with Crippen molar-refractivity contribution < 1.29 is 10.2 Å². The molecular weight excluding hydrogens is 388 g/mol. The number of rotatable bonds is 10. The van der Waals surface area contributed by atoms with Crippen LogP contribution in [0.3, 0.4) is 0 Å². The number of fused-ring (bicyclic) bond motifs is 2. The molecule has 0 aliphatic carbocycles. The zero-order chi connectivity index (χ0) is 20.2. The average Bonchev–Trinajstić information content (AvgIpc) is 3.10. The van der Waals surface area contributed by atoms with Gasteiger partial charge in [-0.05, 0) is 31.2 Å². The van der Waals surface area contributed by atoms with Crippen molar-refractivity contribution in [1.82, 2.24) is 25.4 Å². The van der Waals surface area contributed by atoms with Gasteiger partial charge in [0.15, 0.2) is 0 Å². The number of aliphatic hydroxyl groups excluding tert-OH is 2. The van der Waals surface area contributed by atoms with Gasteiger partial charge in [-0.15, -0.1) is 0 Å². The van der Waals surface area contributed by atoms with Crippen molar-refractivity contribution in [2.24, 2.45) is 0 Å². The minimum atomic E-state index is -0.521. The van der Waals surface area contributed by atoms with Gasteiger partial charge in [0.1, 0.15) is 16.9 Å². The summed E-state index contributed by atoms with van der Waals surface area (Å²) in [5, 5.41) is 35.0. The predicted molar refractivity (Wildman–Crippen MR) is 115 cm³/mol. The molecule has 1 aliphatic rings. The number of aliphatic hydroxyl groups is 2. The summed E-state index contributed by atoms with van der Waals surface area (Å²) in [4.78, 5) is 5.70. The van der Waals surface area contributed by atoms with E-state index in [-0.39, 0.29) is 6.61 Å². The Labute approximate surface area is 173 Å². The second-order valence-corrected chi connectivity index (χ2v) is 7.90. The quantitative estimate of drug-likeness (QED) is 0.196. The van der Waals surface area contributed by atoms with Crippen molar-refractivity contribution in [2.75, 3.05) is 38.1 Å². The molecule has 0 radical (unpaired) electrons. The molecule has 2 aromatic heterocycles. The van der Waals surface area contributed by atoms with Gasteiger partial charge in [0.05, 0.1) is 18.7 Å². The van der Waals surface area contributed by atoms with Gasteiger partial charge in [-0.1, -0.05) is 11.8 Å². The van der Waals surface area contributed by atoms with Gasteiger partial charge >= 0.3 is 0 Å². The number of nitrogens with zero attached hydrogens (tertiary/aromatic N) is 3. The van der Waals surface area contributed by atoms with E-state index in [1.54, 1.807) is 18.7 Å². The average molecular weight is 415 g/mol. The zero-order valence-corrected chi connectivity index (χ0v) is 17.2. The number of benzene rings is 1. The van der Waals surface area contributed by atoms with Crippen LogP contribution in [0.1, 0.15) is 6.92 Å². The fraction of sp³-hybridized carbons (Fsp3) is 0.400. The summed E-state index contributed by atoms with van der Waals surface area (Å²) in [6.45, 7) is 5.25. The number of hydrogen-bond acceptors (Lipinski definition) is 8. The van der Waals surface area contributed by atoms with Crippen LogP contribution in [0.5, 0.6) is 0 Å². The number of nitrogens with one attached hydrogen (secondary N) is 3. The van der Waals surface area contributed by atoms with Gasteiger partial charge in [-0.25, -0.2) is 4.98 Å². The van der Waals surface area contributed by atoms with Gasteiger partial charge in [-0.2, -0.15) is 5.10 Å². The molecule has 5 N–H and O–H groups in total. The molecule has 1 atom stereocenters. The van der Waals surface area contributed by atoms with Crippen LogP contribution < -0.4 is 16.0 Å². The van der Waals surface area contributed by atoms with E-state index >= 15 is 0 Å². The van der Waals surface area contributed by atoms with E-state index in [4.69, 9.17) is 10.2 Å². The summed E-state index contributed by atoms with van der Waals surface area (Å²) in [7, 11) is 0. The molecule has 0 saturated carbocycles. The molecule has 3 heterocycles. The Morgan fingerprint density at radius 3 is 2.90 bits per heavy atom. The third-order valence-electron chi connectivity index (χ3n) is 4.77. The highest BCUT2D eigenvalue weighted by atomic mass is 32.2. The first-order valence-electron chi connectivity index (χ1n) is 9.82. The molecule has 0 spiro atoms. The van der Waals surface area contributed by atoms with Crippen LogP contribution in [-0.4, -0.2) is 64.0 Å². The summed E-state index contributed by atoms with van der Waals surface area (Å²) >= 11 is 1.67. The highest BCUT2D eigenvalue weighted by Crippen LogP contribution is 2.49. The first-order chi connectivity index (χ1) is 14.2. The van der Waals surface area contributed by atoms with E-state index < -0.39 is 6.23 Å². The molecule has 9 heteroatoms. The second kappa shape index (κ2) is 9.10. The van der Waals surface area contributed by atoms with Crippen LogP contribution in [0.4, 0.5) is 5.69 Å². The summed E-state index contributed by atoms with van der Waals surface area (Å²) in [5.41, 5.74) is 4.16. The smallest absolute Gasteiger partial charge is 0.110 e. The minimum Gasteiger partial charge on any atom is -0.395 e. The van der Waals surface area contributed by atoms with Crippen molar-refractivity contribution >= 4 is 28.4 Å². The number of aromatic nitrogens is 3. The van der Waals surface area contributed by atoms with Crippen molar-refractivity contribution in [1.29, 1.82) is 0 Å². The van der Waals surface area contributed by atoms with Crippen molar-refractivity contribution in [3.8, 4) is 11.3 Å². The Hall–Kier alpha value is -2.17. The van der Waals surface area contributed by atoms with Crippen LogP contribution in [0.2, 0.25) is 0 Å². The summed E-state index contributed by atoms with van der Waals surface area (Å²) in [5.74, 6) is 0. The maximum absolute atomic E-state index is 9.37. The first-order valence-corrected chi connectivity index (χ1v) is 10.6. The van der Waals surface area contributed by atoms with Gasteiger partial charge in [0, 0.05) is 53.9 Å². The lowest BCUT2D eigenvalue weighted by molar-refractivity contribution is 0.159. The maximum Gasteiger partial charge on any atom is 0.110 e. The lowest BCUT2D eigenvalue weighted by Gasteiger charge is -2.18. The fourth-order valence-corrected chi connectivity index (χ4v) is 4.60. The summed E-state index contributed by atoms with van der Waals surface area (Å²) < 4.78 is 2.03. The minimum absolute atomic E-state index is 0.129. The van der Waals surface area contributed by atoms with Gasteiger partial charge in [0.25, 0.3) is 0 Å². The van der Waals surface area contributed by atoms with E-state index in [2.05, 4.69) is 39.1 Å². The van der Waals surface area contributed by atoms with Crippen molar-refractivity contribution in [3.63, 3.8) is 0 Å². The topological polar surface area (TPSA) is 107 Å². The van der Waals surface area contributed by atoms with Crippen LogP contribution in [0.25, 0.3) is 22.2 Å². The van der Waals surface area contributed by atoms with Crippen molar-refractivity contribution in [3.05, 3.63) is 30.5 Å². The third kappa shape index (κ3) is 4.24. The van der Waals surface area contributed by atoms with Gasteiger partial charge in [-0.3, -0.25) is 10.00 Å². The standard InChI is InChI=1S/C20H26N6O2S/c1-13(28)22-7-8-23-15-4-5-16-17-18(25-26(16)11-9-21-10-12-27)14-3-2-6-24-20(14)29-19(15)17/h2-6,13,21-23,27-28H,7-12H2,1H3. The van der Waals surface area contributed by atoms with Crippen LogP contribution in [-0.2, 0) is 6.54 Å². The summed E-state index contributed by atoms with van der Waals surface area (Å²) in [6.07, 6.45) is 1.29. The molecule has 0 bridgehead atoms. The van der Waals surface area contributed by atoms with E-state index in [9.17, 15) is 5.11 Å². The molecule has 1 unspecified atom stereocenters. The predicted octanol–water partition coefficient (Wildman–Crippen LogP) is 1.48. The molecule has 4 rings (SSSR count). The molecule has 8 nitrogen and oxygen atoms in total. The van der Waals surface area contributed by atoms with Gasteiger partial charge < -0.3 is 20.8 Å². The first kappa shape index (κ1) is 20.1. The molecule has 154 valence electrons. The maximum atomic E-state index is 9.37. The normalized spacial score (nSPS) is 13.5. The molecule has 0 amide bonds. The SMILES string of the molecule is CC(O)NCCNc1ccc2c3c(nn2CCNCCO)-c2cccnc2Sc13. The van der Waals surface area contributed by atoms with E-state index in [1.165, 1.54) is 0 Å². The van der Waals surface area contributed by atoms with Crippen LogP contribution in [0, 0.1) is 0 Å². The van der Waals surface area contributed by atoms with E-state index in [1.807, 2.05) is 16.9 Å². The molecule has 1 aliphatic heterocycles. The molecule has 0 saturated heterocycles. The molecule has 29 heavy (non-hydrogen) atoms. The Bertz CT molecular complexity index is 991. The van der Waals surface area contributed by atoms with E-state index in [0.29, 0.717) is 19.6 Å². The highest BCUT2D eigenvalue weighted by molar-refractivity contribution is 7.99.